The quantitative estimate of drug-likeness (QED) is 0.775. The van der Waals surface area contributed by atoms with Gasteiger partial charge in [0.1, 0.15) is 0 Å². The summed E-state index contributed by atoms with van der Waals surface area (Å²) in [5.74, 6) is 0. The van der Waals surface area contributed by atoms with Gasteiger partial charge in [-0.25, -0.2) is 0 Å². The van der Waals surface area contributed by atoms with Crippen LogP contribution in [-0.4, -0.2) is 12.0 Å². The van der Waals surface area contributed by atoms with E-state index in [1.165, 1.54) is 22.1 Å². The highest BCUT2D eigenvalue weighted by Gasteiger charge is 2.12. The minimum absolute atomic E-state index is 0.209. The van der Waals surface area contributed by atoms with Crippen molar-refractivity contribution in [2.45, 2.75) is 13.0 Å². The lowest BCUT2D eigenvalue weighted by Crippen LogP contribution is -2.17. The Hall–Kier alpha value is -2.19. The number of aromatic nitrogens is 1. The summed E-state index contributed by atoms with van der Waals surface area (Å²) >= 11 is 0. The molecule has 1 aromatic heterocycles. The van der Waals surface area contributed by atoms with E-state index in [0.717, 1.165) is 5.52 Å². The van der Waals surface area contributed by atoms with Crippen LogP contribution in [0, 0.1) is 6.92 Å². The second kappa shape index (κ2) is 5.43. The highest BCUT2D eigenvalue weighted by atomic mass is 14.9. The second-order valence-corrected chi connectivity index (χ2v) is 5.09. The average Bonchev–Trinajstić information content (AvgIpc) is 2.50. The van der Waals surface area contributed by atoms with Crippen molar-refractivity contribution in [2.75, 3.05) is 7.05 Å². The lowest BCUT2D eigenvalue weighted by Gasteiger charge is -2.18. The van der Waals surface area contributed by atoms with Crippen molar-refractivity contribution in [3.8, 4) is 0 Å². The van der Waals surface area contributed by atoms with Gasteiger partial charge >= 0.3 is 0 Å². The summed E-state index contributed by atoms with van der Waals surface area (Å²) in [7, 11) is 2.00. The van der Waals surface area contributed by atoms with Crippen LogP contribution in [0.4, 0.5) is 0 Å². The van der Waals surface area contributed by atoms with Crippen LogP contribution in [0.2, 0.25) is 0 Å². The number of benzene rings is 2. The van der Waals surface area contributed by atoms with Crippen molar-refractivity contribution in [3.05, 3.63) is 77.5 Å². The normalized spacial score (nSPS) is 12.5. The molecule has 0 bridgehead atoms. The van der Waals surface area contributed by atoms with Gasteiger partial charge in [0.15, 0.2) is 0 Å². The van der Waals surface area contributed by atoms with Crippen LogP contribution in [0.25, 0.3) is 10.9 Å². The molecule has 2 nitrogen and oxygen atoms in total. The standard InChI is InChI=1S/C18H18N2/c1-13-5-7-14(8-6-13)18(19-2)16-9-10-17-15(12-16)4-3-11-20-17/h3-12,18-19H,1-2H3. The predicted molar refractivity (Wildman–Crippen MR) is 83.8 cm³/mol. The van der Waals surface area contributed by atoms with Crippen LogP contribution >= 0.6 is 0 Å². The van der Waals surface area contributed by atoms with Gasteiger partial charge in [0.2, 0.25) is 0 Å². The van der Waals surface area contributed by atoms with Crippen molar-refractivity contribution in [1.29, 1.82) is 0 Å². The summed E-state index contributed by atoms with van der Waals surface area (Å²) < 4.78 is 0. The summed E-state index contributed by atoms with van der Waals surface area (Å²) in [6.45, 7) is 2.11. The van der Waals surface area contributed by atoms with Gasteiger partial charge in [-0.3, -0.25) is 4.98 Å². The SMILES string of the molecule is CNC(c1ccc(C)cc1)c1ccc2ncccc2c1. The number of fused-ring (bicyclic) bond motifs is 1. The molecule has 2 heteroatoms. The van der Waals surface area contributed by atoms with Crippen molar-refractivity contribution < 1.29 is 0 Å². The molecule has 1 N–H and O–H groups in total. The molecule has 0 aliphatic heterocycles. The Balaban J connectivity index is 2.04. The first-order valence-electron chi connectivity index (χ1n) is 6.86. The molecule has 1 heterocycles. The Kier molecular flexibility index (Phi) is 3.48. The van der Waals surface area contributed by atoms with Gasteiger partial charge in [-0.15, -0.1) is 0 Å². The second-order valence-electron chi connectivity index (χ2n) is 5.09. The molecular formula is C18H18N2. The van der Waals surface area contributed by atoms with Crippen molar-refractivity contribution in [1.82, 2.24) is 10.3 Å². The first kappa shape index (κ1) is 12.8. The topological polar surface area (TPSA) is 24.9 Å². The number of hydrogen-bond acceptors (Lipinski definition) is 2. The number of aryl methyl sites for hydroxylation is 1. The summed E-state index contributed by atoms with van der Waals surface area (Å²) in [4.78, 5) is 4.37. The molecule has 0 saturated heterocycles. The lowest BCUT2D eigenvalue weighted by atomic mass is 9.97. The fourth-order valence-corrected chi connectivity index (χ4v) is 2.56. The predicted octanol–water partition coefficient (Wildman–Crippen LogP) is 3.85. The highest BCUT2D eigenvalue weighted by molar-refractivity contribution is 5.79. The van der Waals surface area contributed by atoms with Gasteiger partial charge in [-0.2, -0.15) is 0 Å². The zero-order valence-electron chi connectivity index (χ0n) is 11.8. The first-order valence-corrected chi connectivity index (χ1v) is 6.86. The van der Waals surface area contributed by atoms with Gasteiger partial charge in [-0.05, 0) is 43.3 Å². The molecule has 1 unspecified atom stereocenters. The van der Waals surface area contributed by atoms with Crippen molar-refractivity contribution in [3.63, 3.8) is 0 Å². The van der Waals surface area contributed by atoms with Crippen molar-refractivity contribution >= 4 is 10.9 Å². The number of nitrogens with zero attached hydrogens (tertiary/aromatic N) is 1. The van der Waals surface area contributed by atoms with Crippen molar-refractivity contribution in [2.24, 2.45) is 0 Å². The van der Waals surface area contributed by atoms with Gasteiger partial charge in [0, 0.05) is 11.6 Å². The molecular weight excluding hydrogens is 244 g/mol. The molecule has 0 fully saturated rings. The Morgan fingerprint density at radius 2 is 1.70 bits per heavy atom. The van der Waals surface area contributed by atoms with E-state index >= 15 is 0 Å². The fourth-order valence-electron chi connectivity index (χ4n) is 2.56. The van der Waals surface area contributed by atoms with Gasteiger partial charge in [-0.1, -0.05) is 42.0 Å². The third kappa shape index (κ3) is 2.43. The maximum Gasteiger partial charge on any atom is 0.0702 e. The van der Waals surface area contributed by atoms with E-state index in [1.807, 2.05) is 19.3 Å². The molecule has 3 aromatic rings. The fraction of sp³-hybridized carbons (Fsp3) is 0.167. The van der Waals surface area contributed by atoms with Crippen LogP contribution in [0.5, 0.6) is 0 Å². The monoisotopic (exact) mass is 262 g/mol. The molecule has 1 atom stereocenters. The molecule has 0 aliphatic rings. The van der Waals surface area contributed by atoms with Crippen LogP contribution in [0.1, 0.15) is 22.7 Å². The third-order valence-corrected chi connectivity index (χ3v) is 3.66. The first-order chi connectivity index (χ1) is 9.78. The Morgan fingerprint density at radius 3 is 2.45 bits per heavy atom. The molecule has 3 rings (SSSR count). The van der Waals surface area contributed by atoms with E-state index < -0.39 is 0 Å². The van der Waals surface area contributed by atoms with Crippen LogP contribution in [-0.2, 0) is 0 Å². The smallest absolute Gasteiger partial charge is 0.0702 e. The van der Waals surface area contributed by atoms with Gasteiger partial charge < -0.3 is 5.32 Å². The molecule has 0 radical (unpaired) electrons. The molecule has 20 heavy (non-hydrogen) atoms. The van der Waals surface area contributed by atoms with E-state index in [9.17, 15) is 0 Å². The Bertz CT molecular complexity index is 717. The number of hydrogen-bond donors (Lipinski definition) is 1. The molecule has 0 saturated carbocycles. The maximum atomic E-state index is 4.37. The average molecular weight is 262 g/mol. The Labute approximate surface area is 119 Å². The molecule has 2 aromatic carbocycles. The summed E-state index contributed by atoms with van der Waals surface area (Å²) in [5.41, 5.74) is 4.86. The minimum Gasteiger partial charge on any atom is -0.309 e. The lowest BCUT2D eigenvalue weighted by molar-refractivity contribution is 0.692. The van der Waals surface area contributed by atoms with E-state index in [-0.39, 0.29) is 6.04 Å². The Morgan fingerprint density at radius 1 is 0.950 bits per heavy atom. The highest BCUT2D eigenvalue weighted by Crippen LogP contribution is 2.24. The number of nitrogens with one attached hydrogen (secondary N) is 1. The largest absolute Gasteiger partial charge is 0.309 e. The summed E-state index contributed by atoms with van der Waals surface area (Å²) in [6, 6.07) is 19.4. The van der Waals surface area contributed by atoms with Crippen LogP contribution in [0.3, 0.4) is 0 Å². The summed E-state index contributed by atoms with van der Waals surface area (Å²) in [6.07, 6.45) is 1.83. The number of rotatable bonds is 3. The van der Waals surface area contributed by atoms with Gasteiger partial charge in [0.25, 0.3) is 0 Å². The third-order valence-electron chi connectivity index (χ3n) is 3.66. The van der Waals surface area contributed by atoms with E-state index in [4.69, 9.17) is 0 Å². The van der Waals surface area contributed by atoms with E-state index in [0.29, 0.717) is 0 Å². The minimum atomic E-state index is 0.209. The van der Waals surface area contributed by atoms with Gasteiger partial charge in [0.05, 0.1) is 11.6 Å². The van der Waals surface area contributed by atoms with E-state index in [2.05, 4.69) is 65.8 Å². The number of pyridine rings is 1. The van der Waals surface area contributed by atoms with E-state index in [1.54, 1.807) is 0 Å². The maximum absolute atomic E-state index is 4.37. The molecule has 0 amide bonds. The van der Waals surface area contributed by atoms with Crippen LogP contribution in [0.15, 0.2) is 60.8 Å². The van der Waals surface area contributed by atoms with Crippen LogP contribution < -0.4 is 5.32 Å². The zero-order valence-corrected chi connectivity index (χ0v) is 11.8. The molecule has 100 valence electrons. The summed E-state index contributed by atoms with van der Waals surface area (Å²) in [5, 5.41) is 4.58. The molecule has 0 aliphatic carbocycles. The zero-order chi connectivity index (χ0) is 13.9. The molecule has 0 spiro atoms.